The van der Waals surface area contributed by atoms with Gasteiger partial charge in [-0.3, -0.25) is 4.90 Å². The molecular formula is C15H32N2O2. The Bertz CT molecular complexity index is 253. The average Bonchev–Trinajstić information content (AvgIpc) is 2.41. The second-order valence-electron chi connectivity index (χ2n) is 6.18. The maximum atomic E-state index is 5.62. The van der Waals surface area contributed by atoms with Gasteiger partial charge in [-0.1, -0.05) is 13.8 Å². The molecule has 4 nitrogen and oxygen atoms in total. The van der Waals surface area contributed by atoms with Gasteiger partial charge in [0.05, 0.1) is 19.8 Å². The number of hydrogen-bond acceptors (Lipinski definition) is 4. The van der Waals surface area contributed by atoms with Crippen molar-refractivity contribution in [3.63, 3.8) is 0 Å². The van der Waals surface area contributed by atoms with E-state index >= 15 is 0 Å². The van der Waals surface area contributed by atoms with Crippen LogP contribution in [0.5, 0.6) is 0 Å². The molecule has 4 heteroatoms. The largest absolute Gasteiger partial charge is 0.382 e. The van der Waals surface area contributed by atoms with Crippen LogP contribution in [0, 0.1) is 0 Å². The first-order chi connectivity index (χ1) is 8.99. The highest BCUT2D eigenvalue weighted by molar-refractivity contribution is 5.00. The summed E-state index contributed by atoms with van der Waals surface area (Å²) in [6.07, 6.45) is 2.36. The number of nitrogens with zero attached hydrogens (tertiary/aromatic N) is 1. The molecule has 1 aliphatic heterocycles. The maximum absolute atomic E-state index is 5.62. The fourth-order valence-electron chi connectivity index (χ4n) is 2.68. The van der Waals surface area contributed by atoms with Crippen molar-refractivity contribution in [2.75, 3.05) is 46.6 Å². The molecule has 0 radical (unpaired) electrons. The maximum Gasteiger partial charge on any atom is 0.0700 e. The van der Waals surface area contributed by atoms with Crippen molar-refractivity contribution in [1.82, 2.24) is 10.2 Å². The predicted molar refractivity (Wildman–Crippen MR) is 79.7 cm³/mol. The molecule has 114 valence electrons. The molecule has 0 spiro atoms. The highest BCUT2D eigenvalue weighted by atomic mass is 16.5. The molecule has 0 saturated carbocycles. The molecule has 0 aromatic rings. The first-order valence-corrected chi connectivity index (χ1v) is 7.56. The molecule has 0 atom stereocenters. The Labute approximate surface area is 118 Å². The van der Waals surface area contributed by atoms with Crippen LogP contribution in [-0.4, -0.2) is 62.5 Å². The van der Waals surface area contributed by atoms with Crippen LogP contribution < -0.4 is 5.32 Å². The van der Waals surface area contributed by atoms with Crippen LogP contribution in [-0.2, 0) is 9.47 Å². The fraction of sp³-hybridized carbons (Fsp3) is 1.00. The van der Waals surface area contributed by atoms with Crippen molar-refractivity contribution >= 4 is 0 Å². The number of ether oxygens (including phenoxy) is 2. The molecule has 0 aromatic heterocycles. The number of rotatable bonds is 8. The van der Waals surface area contributed by atoms with E-state index in [9.17, 15) is 0 Å². The Balaban J connectivity index is 2.47. The summed E-state index contributed by atoms with van der Waals surface area (Å²) in [6, 6.07) is 0. The number of hydrogen-bond donors (Lipinski definition) is 1. The second-order valence-corrected chi connectivity index (χ2v) is 6.18. The summed E-state index contributed by atoms with van der Waals surface area (Å²) in [6.45, 7) is 14.5. The van der Waals surface area contributed by atoms with Crippen LogP contribution in [0.4, 0.5) is 0 Å². The van der Waals surface area contributed by atoms with E-state index in [0.29, 0.717) is 13.2 Å². The van der Waals surface area contributed by atoms with Gasteiger partial charge in [-0.2, -0.15) is 0 Å². The van der Waals surface area contributed by atoms with Crippen LogP contribution in [0.15, 0.2) is 0 Å². The third-order valence-corrected chi connectivity index (χ3v) is 4.54. The van der Waals surface area contributed by atoms with Crippen LogP contribution in [0.2, 0.25) is 0 Å². The summed E-state index contributed by atoms with van der Waals surface area (Å²) in [5, 5.41) is 3.76. The van der Waals surface area contributed by atoms with E-state index in [-0.39, 0.29) is 11.1 Å². The van der Waals surface area contributed by atoms with Crippen molar-refractivity contribution < 1.29 is 9.47 Å². The molecule has 1 heterocycles. The summed E-state index contributed by atoms with van der Waals surface area (Å²) in [7, 11) is 1.71. The Morgan fingerprint density at radius 2 is 1.79 bits per heavy atom. The Morgan fingerprint density at radius 3 is 2.37 bits per heavy atom. The molecule has 0 bridgehead atoms. The minimum atomic E-state index is 0.207. The summed E-state index contributed by atoms with van der Waals surface area (Å²) in [4.78, 5) is 2.57. The molecule has 0 aliphatic carbocycles. The summed E-state index contributed by atoms with van der Waals surface area (Å²) in [5.41, 5.74) is 0.487. The van der Waals surface area contributed by atoms with E-state index in [1.165, 1.54) is 12.8 Å². The quantitative estimate of drug-likeness (QED) is 0.684. The van der Waals surface area contributed by atoms with Gasteiger partial charge in [-0.25, -0.2) is 0 Å². The summed E-state index contributed by atoms with van der Waals surface area (Å²) >= 11 is 0. The molecule has 1 rings (SSSR count). The minimum Gasteiger partial charge on any atom is -0.382 e. The van der Waals surface area contributed by atoms with Crippen molar-refractivity contribution in [1.29, 1.82) is 0 Å². The molecule has 1 fully saturated rings. The van der Waals surface area contributed by atoms with E-state index in [0.717, 1.165) is 26.2 Å². The lowest BCUT2D eigenvalue weighted by atomic mass is 9.85. The molecule has 0 aromatic carbocycles. The van der Waals surface area contributed by atoms with Gasteiger partial charge < -0.3 is 14.8 Å². The Kier molecular flexibility index (Phi) is 6.74. The van der Waals surface area contributed by atoms with Gasteiger partial charge in [-0.15, -0.1) is 0 Å². The lowest BCUT2D eigenvalue weighted by Gasteiger charge is -2.52. The monoisotopic (exact) mass is 272 g/mol. The first-order valence-electron chi connectivity index (χ1n) is 7.56. The molecule has 1 saturated heterocycles. The lowest BCUT2D eigenvalue weighted by molar-refractivity contribution is -0.00750. The van der Waals surface area contributed by atoms with Crippen LogP contribution in [0.3, 0.4) is 0 Å². The lowest BCUT2D eigenvalue weighted by Crippen LogP contribution is -2.68. The third kappa shape index (κ3) is 4.71. The van der Waals surface area contributed by atoms with Crippen molar-refractivity contribution in [3.8, 4) is 0 Å². The van der Waals surface area contributed by atoms with Crippen molar-refractivity contribution in [2.24, 2.45) is 0 Å². The summed E-state index contributed by atoms with van der Waals surface area (Å²) < 4.78 is 10.6. The van der Waals surface area contributed by atoms with Gasteiger partial charge in [-0.05, 0) is 26.7 Å². The molecule has 0 amide bonds. The second kappa shape index (κ2) is 7.58. The number of nitrogens with one attached hydrogen (secondary N) is 1. The molecule has 1 aliphatic rings. The zero-order valence-electron chi connectivity index (χ0n) is 13.4. The normalized spacial score (nSPS) is 22.6. The SMILES string of the molecule is CCC1(CC)CN(CCOCCOC)C(C)(C)CN1. The zero-order valence-corrected chi connectivity index (χ0v) is 13.4. The third-order valence-electron chi connectivity index (χ3n) is 4.54. The number of piperazine rings is 1. The van der Waals surface area contributed by atoms with Gasteiger partial charge >= 0.3 is 0 Å². The Hall–Kier alpha value is -0.160. The van der Waals surface area contributed by atoms with E-state index in [2.05, 4.69) is 37.9 Å². The van der Waals surface area contributed by atoms with Crippen LogP contribution in [0.25, 0.3) is 0 Å². The minimum absolute atomic E-state index is 0.207. The topological polar surface area (TPSA) is 33.7 Å². The van der Waals surface area contributed by atoms with Gasteiger partial charge in [0, 0.05) is 37.8 Å². The molecular weight excluding hydrogens is 240 g/mol. The average molecular weight is 272 g/mol. The van der Waals surface area contributed by atoms with Crippen molar-refractivity contribution in [2.45, 2.75) is 51.6 Å². The highest BCUT2D eigenvalue weighted by Gasteiger charge is 2.40. The Morgan fingerprint density at radius 1 is 1.11 bits per heavy atom. The summed E-state index contributed by atoms with van der Waals surface area (Å²) in [5.74, 6) is 0. The number of methoxy groups -OCH3 is 1. The molecule has 1 N–H and O–H groups in total. The van der Waals surface area contributed by atoms with Crippen LogP contribution in [0.1, 0.15) is 40.5 Å². The van der Waals surface area contributed by atoms with Gasteiger partial charge in [0.25, 0.3) is 0 Å². The van der Waals surface area contributed by atoms with E-state index in [4.69, 9.17) is 9.47 Å². The highest BCUT2D eigenvalue weighted by Crippen LogP contribution is 2.27. The van der Waals surface area contributed by atoms with Gasteiger partial charge in [0.15, 0.2) is 0 Å². The smallest absolute Gasteiger partial charge is 0.0700 e. The first kappa shape index (κ1) is 16.9. The van der Waals surface area contributed by atoms with Crippen molar-refractivity contribution in [3.05, 3.63) is 0 Å². The van der Waals surface area contributed by atoms with E-state index in [1.54, 1.807) is 7.11 Å². The van der Waals surface area contributed by atoms with E-state index < -0.39 is 0 Å². The molecule has 0 unspecified atom stereocenters. The van der Waals surface area contributed by atoms with Gasteiger partial charge in [0.2, 0.25) is 0 Å². The van der Waals surface area contributed by atoms with Crippen LogP contribution >= 0.6 is 0 Å². The predicted octanol–water partition coefficient (Wildman–Crippen LogP) is 1.89. The molecule has 19 heavy (non-hydrogen) atoms. The standard InChI is InChI=1S/C15H32N2O2/c1-6-15(7-2)13-17(14(3,4)12-16-15)8-9-19-11-10-18-5/h16H,6-13H2,1-5H3. The fourth-order valence-corrected chi connectivity index (χ4v) is 2.68. The van der Waals surface area contributed by atoms with E-state index in [1.807, 2.05) is 0 Å². The van der Waals surface area contributed by atoms with Gasteiger partial charge in [0.1, 0.15) is 0 Å². The zero-order chi connectivity index (χ0) is 14.4.